The van der Waals surface area contributed by atoms with Crippen molar-refractivity contribution < 1.29 is 9.84 Å². The fraction of sp³-hybridized carbons (Fsp3) is 0.520. The molecule has 2 aromatic carbocycles. The molecular formula is C25H34BrNO2. The highest BCUT2D eigenvalue weighted by atomic mass is 79.9. The number of morpholine rings is 1. The highest BCUT2D eigenvalue weighted by molar-refractivity contribution is 9.10. The van der Waals surface area contributed by atoms with E-state index >= 15 is 0 Å². The molecule has 2 aromatic rings. The Bertz CT molecular complexity index is 715. The first-order chi connectivity index (χ1) is 14.1. The molecule has 3 rings (SSSR count). The summed E-state index contributed by atoms with van der Waals surface area (Å²) in [6, 6.07) is 18.8. The molecule has 0 spiro atoms. The van der Waals surface area contributed by atoms with Crippen LogP contribution in [0.3, 0.4) is 0 Å². The smallest absolute Gasteiger partial charge is 0.0977 e. The second-order valence-corrected chi connectivity index (χ2v) is 9.03. The number of ether oxygens (including phenoxy) is 1. The zero-order valence-corrected chi connectivity index (χ0v) is 19.1. The Balaban J connectivity index is 1.94. The van der Waals surface area contributed by atoms with Crippen molar-refractivity contribution in [3.05, 3.63) is 70.2 Å². The van der Waals surface area contributed by atoms with Crippen molar-refractivity contribution in [3.63, 3.8) is 0 Å². The van der Waals surface area contributed by atoms with Gasteiger partial charge in [0.05, 0.1) is 18.8 Å². The number of halogens is 1. The number of aliphatic hydroxyl groups is 1. The van der Waals surface area contributed by atoms with E-state index in [4.69, 9.17) is 4.74 Å². The Morgan fingerprint density at radius 2 is 1.69 bits per heavy atom. The number of hydrogen-bond donors (Lipinski definition) is 1. The topological polar surface area (TPSA) is 32.7 Å². The fourth-order valence-corrected chi connectivity index (χ4v) is 4.60. The molecule has 4 heteroatoms. The van der Waals surface area contributed by atoms with Crippen LogP contribution in [0.15, 0.2) is 59.1 Å². The van der Waals surface area contributed by atoms with Crippen molar-refractivity contribution in [1.82, 2.24) is 4.90 Å². The Morgan fingerprint density at radius 1 is 1.00 bits per heavy atom. The summed E-state index contributed by atoms with van der Waals surface area (Å²) in [4.78, 5) is 2.44. The molecule has 158 valence electrons. The van der Waals surface area contributed by atoms with Crippen molar-refractivity contribution >= 4 is 15.9 Å². The van der Waals surface area contributed by atoms with Crippen LogP contribution in [0.1, 0.15) is 56.1 Å². The predicted molar refractivity (Wildman–Crippen MR) is 123 cm³/mol. The van der Waals surface area contributed by atoms with Gasteiger partial charge in [-0.25, -0.2) is 0 Å². The molecule has 0 saturated carbocycles. The number of benzene rings is 2. The molecule has 3 nitrogen and oxygen atoms in total. The third-order valence-electron chi connectivity index (χ3n) is 6.08. The first kappa shape index (κ1) is 22.5. The van der Waals surface area contributed by atoms with Crippen LogP contribution in [0.4, 0.5) is 0 Å². The van der Waals surface area contributed by atoms with E-state index in [1.54, 1.807) is 0 Å². The highest BCUT2D eigenvalue weighted by Gasteiger charge is 2.40. The maximum absolute atomic E-state index is 12.2. The van der Waals surface area contributed by atoms with Gasteiger partial charge in [-0.05, 0) is 29.7 Å². The first-order valence-electron chi connectivity index (χ1n) is 11.0. The number of rotatable bonds is 10. The molecule has 1 N–H and O–H groups in total. The van der Waals surface area contributed by atoms with Crippen molar-refractivity contribution in [2.45, 2.75) is 50.5 Å². The van der Waals surface area contributed by atoms with E-state index in [2.05, 4.69) is 70.2 Å². The minimum atomic E-state index is -0.895. The lowest BCUT2D eigenvalue weighted by molar-refractivity contribution is -0.0296. The van der Waals surface area contributed by atoms with Crippen LogP contribution in [-0.2, 0) is 10.3 Å². The summed E-state index contributed by atoms with van der Waals surface area (Å²) in [5.41, 5.74) is 1.33. The molecule has 0 aromatic heterocycles. The van der Waals surface area contributed by atoms with Crippen LogP contribution in [-0.4, -0.2) is 42.9 Å². The van der Waals surface area contributed by atoms with E-state index < -0.39 is 5.60 Å². The molecule has 1 fully saturated rings. The molecule has 0 aliphatic carbocycles. The summed E-state index contributed by atoms with van der Waals surface area (Å²) < 4.78 is 6.59. The van der Waals surface area contributed by atoms with E-state index in [0.717, 1.165) is 62.1 Å². The summed E-state index contributed by atoms with van der Waals surface area (Å²) >= 11 is 3.54. The Hall–Kier alpha value is -1.20. The van der Waals surface area contributed by atoms with Gasteiger partial charge in [-0.15, -0.1) is 0 Å². The summed E-state index contributed by atoms with van der Waals surface area (Å²) in [6.07, 6.45) is 5.39. The second-order valence-electron chi connectivity index (χ2n) is 8.12. The van der Waals surface area contributed by atoms with Crippen molar-refractivity contribution in [1.29, 1.82) is 0 Å². The Kier molecular flexibility index (Phi) is 8.73. The standard InChI is InChI=1S/C25H34BrNO2/c1-2-3-4-8-15-25(28,22-11-13-23(26)14-12-22)24(21-9-6-5-7-10-21)20-27-16-18-29-19-17-27/h5-7,9-14,24,28H,2-4,8,15-20H2,1H3. The van der Waals surface area contributed by atoms with Gasteiger partial charge in [0.1, 0.15) is 0 Å². The van der Waals surface area contributed by atoms with Gasteiger partial charge in [-0.1, -0.05) is 91.0 Å². The number of nitrogens with zero attached hydrogens (tertiary/aromatic N) is 1. The van der Waals surface area contributed by atoms with Crippen LogP contribution in [0.25, 0.3) is 0 Å². The molecule has 2 atom stereocenters. The minimum Gasteiger partial charge on any atom is -0.384 e. The molecule has 1 aliphatic heterocycles. The molecule has 2 unspecified atom stereocenters. The predicted octanol–water partition coefficient (Wildman–Crippen LogP) is 5.72. The Labute approximate surface area is 184 Å². The lowest BCUT2D eigenvalue weighted by Gasteiger charge is -2.41. The highest BCUT2D eigenvalue weighted by Crippen LogP contribution is 2.42. The van der Waals surface area contributed by atoms with Gasteiger partial charge in [-0.2, -0.15) is 0 Å². The molecule has 1 heterocycles. The van der Waals surface area contributed by atoms with Crippen molar-refractivity contribution in [3.8, 4) is 0 Å². The van der Waals surface area contributed by atoms with Crippen LogP contribution >= 0.6 is 15.9 Å². The van der Waals surface area contributed by atoms with E-state index in [1.807, 2.05) is 12.1 Å². The summed E-state index contributed by atoms with van der Waals surface area (Å²) in [5.74, 6) is 0.0182. The summed E-state index contributed by atoms with van der Waals surface area (Å²) in [7, 11) is 0. The van der Waals surface area contributed by atoms with E-state index in [-0.39, 0.29) is 5.92 Å². The molecule has 0 radical (unpaired) electrons. The summed E-state index contributed by atoms with van der Waals surface area (Å²) in [5, 5.41) is 12.2. The van der Waals surface area contributed by atoms with E-state index in [9.17, 15) is 5.11 Å². The maximum Gasteiger partial charge on any atom is 0.0977 e. The SMILES string of the molecule is CCCCCCC(O)(c1ccc(Br)cc1)C(CN1CCOCC1)c1ccccc1. The molecule has 1 saturated heterocycles. The number of unbranched alkanes of at least 4 members (excludes halogenated alkanes) is 3. The normalized spacial score (nSPS) is 18.3. The minimum absolute atomic E-state index is 0.0182. The van der Waals surface area contributed by atoms with Gasteiger partial charge in [0.25, 0.3) is 0 Å². The van der Waals surface area contributed by atoms with Crippen LogP contribution in [0.5, 0.6) is 0 Å². The third kappa shape index (κ3) is 6.14. The molecule has 0 bridgehead atoms. The average Bonchev–Trinajstić information content (AvgIpc) is 2.77. The second kappa shape index (κ2) is 11.3. The first-order valence-corrected chi connectivity index (χ1v) is 11.8. The van der Waals surface area contributed by atoms with Crippen LogP contribution in [0.2, 0.25) is 0 Å². The molecular weight excluding hydrogens is 426 g/mol. The largest absolute Gasteiger partial charge is 0.384 e. The van der Waals surface area contributed by atoms with Gasteiger partial charge in [0.15, 0.2) is 0 Å². The van der Waals surface area contributed by atoms with Crippen molar-refractivity contribution in [2.75, 3.05) is 32.8 Å². The monoisotopic (exact) mass is 459 g/mol. The molecule has 29 heavy (non-hydrogen) atoms. The lowest BCUT2D eigenvalue weighted by Crippen LogP contribution is -2.45. The maximum atomic E-state index is 12.2. The lowest BCUT2D eigenvalue weighted by atomic mass is 9.74. The van der Waals surface area contributed by atoms with E-state index in [0.29, 0.717) is 0 Å². The zero-order valence-electron chi connectivity index (χ0n) is 17.5. The van der Waals surface area contributed by atoms with Gasteiger partial charge < -0.3 is 9.84 Å². The van der Waals surface area contributed by atoms with Crippen LogP contribution < -0.4 is 0 Å². The average molecular weight is 460 g/mol. The van der Waals surface area contributed by atoms with Crippen LogP contribution in [0, 0.1) is 0 Å². The van der Waals surface area contributed by atoms with E-state index in [1.165, 1.54) is 18.4 Å². The quantitative estimate of drug-likeness (QED) is 0.460. The van der Waals surface area contributed by atoms with Crippen molar-refractivity contribution in [2.24, 2.45) is 0 Å². The Morgan fingerprint density at radius 3 is 2.34 bits per heavy atom. The van der Waals surface area contributed by atoms with Gasteiger partial charge in [0.2, 0.25) is 0 Å². The molecule has 0 amide bonds. The fourth-order valence-electron chi connectivity index (χ4n) is 4.34. The van der Waals surface area contributed by atoms with Gasteiger partial charge in [0, 0.05) is 30.0 Å². The summed E-state index contributed by atoms with van der Waals surface area (Å²) in [6.45, 7) is 6.47. The molecule has 1 aliphatic rings. The number of hydrogen-bond acceptors (Lipinski definition) is 3. The van der Waals surface area contributed by atoms with Gasteiger partial charge in [-0.3, -0.25) is 4.90 Å². The van der Waals surface area contributed by atoms with Gasteiger partial charge >= 0.3 is 0 Å². The third-order valence-corrected chi connectivity index (χ3v) is 6.61. The zero-order chi connectivity index (χ0) is 20.5.